The molecular formula is C26H35N7O2. The number of anilines is 4. The molecule has 0 spiro atoms. The van der Waals surface area contributed by atoms with Crippen LogP contribution in [-0.4, -0.2) is 72.5 Å². The topological polar surface area (TPSA) is 93.7 Å². The maximum atomic E-state index is 13.2. The summed E-state index contributed by atoms with van der Waals surface area (Å²) in [4.78, 5) is 41.4. The van der Waals surface area contributed by atoms with Crippen LogP contribution in [0.3, 0.4) is 0 Å². The molecule has 0 bridgehead atoms. The Labute approximate surface area is 206 Å². The van der Waals surface area contributed by atoms with E-state index in [0.717, 1.165) is 69.5 Å². The van der Waals surface area contributed by atoms with Gasteiger partial charge in [0.2, 0.25) is 17.8 Å². The molecule has 1 saturated carbocycles. The van der Waals surface area contributed by atoms with Crippen LogP contribution in [-0.2, 0) is 16.0 Å². The maximum absolute atomic E-state index is 13.2. The van der Waals surface area contributed by atoms with Gasteiger partial charge in [-0.3, -0.25) is 14.5 Å². The van der Waals surface area contributed by atoms with Crippen molar-refractivity contribution in [3.8, 4) is 0 Å². The Hall–Kier alpha value is -3.20. The van der Waals surface area contributed by atoms with Gasteiger partial charge < -0.3 is 20.4 Å². The summed E-state index contributed by atoms with van der Waals surface area (Å²) in [5.41, 5.74) is 3.07. The number of amides is 2. The van der Waals surface area contributed by atoms with Crippen molar-refractivity contribution < 1.29 is 9.59 Å². The van der Waals surface area contributed by atoms with Gasteiger partial charge in [0.15, 0.2) is 0 Å². The number of piperazine rings is 1. The predicted molar refractivity (Wildman–Crippen MR) is 137 cm³/mol. The first-order valence-electron chi connectivity index (χ1n) is 12.8. The number of fused-ring (bicyclic) bond motifs is 1. The molecule has 1 aromatic carbocycles. The number of rotatable bonds is 4. The molecule has 1 aliphatic carbocycles. The number of hydrogen-bond acceptors (Lipinski definition) is 7. The second-order valence-corrected chi connectivity index (χ2v) is 9.84. The van der Waals surface area contributed by atoms with Gasteiger partial charge in [0, 0.05) is 61.9 Å². The molecular weight excluding hydrogens is 442 g/mol. The summed E-state index contributed by atoms with van der Waals surface area (Å²) in [6, 6.07) is 8.43. The molecule has 3 heterocycles. The van der Waals surface area contributed by atoms with Gasteiger partial charge in [-0.25, -0.2) is 4.98 Å². The van der Waals surface area contributed by atoms with Crippen molar-refractivity contribution in [1.29, 1.82) is 0 Å². The SMILES string of the molecule is CN1CCN(c2ccc(Nc3ncc4c(n3)N(C3CCCC3)C(=O)CC(=O)NCCC4)cc2)CC1. The molecule has 5 rings (SSSR count). The van der Waals surface area contributed by atoms with E-state index >= 15 is 0 Å². The normalized spacial score (nSPS) is 20.5. The first-order chi connectivity index (χ1) is 17.1. The predicted octanol–water partition coefficient (Wildman–Crippen LogP) is 2.70. The van der Waals surface area contributed by atoms with E-state index in [4.69, 9.17) is 4.98 Å². The summed E-state index contributed by atoms with van der Waals surface area (Å²) in [5.74, 6) is 0.726. The highest BCUT2D eigenvalue weighted by Crippen LogP contribution is 2.32. The van der Waals surface area contributed by atoms with Crippen molar-refractivity contribution in [2.45, 2.75) is 51.0 Å². The standard InChI is InChI=1S/C26H35N7O2/c1-31-13-15-32(16-14-31)21-10-8-20(9-11-21)29-26-28-18-19-5-4-12-27-23(34)17-24(35)33(25(19)30-26)22-6-2-3-7-22/h8-11,18,22H,2-7,12-17H2,1H3,(H,27,34)(H,28,29,30). The molecule has 2 fully saturated rings. The number of hydrogen-bond donors (Lipinski definition) is 2. The first-order valence-corrected chi connectivity index (χ1v) is 12.8. The largest absolute Gasteiger partial charge is 0.369 e. The minimum Gasteiger partial charge on any atom is -0.369 e. The van der Waals surface area contributed by atoms with Crippen molar-refractivity contribution in [2.24, 2.45) is 0 Å². The zero-order valence-corrected chi connectivity index (χ0v) is 20.5. The third-order valence-corrected chi connectivity index (χ3v) is 7.28. The quantitative estimate of drug-likeness (QED) is 0.654. The molecule has 0 unspecified atom stereocenters. The van der Waals surface area contributed by atoms with Gasteiger partial charge in [-0.2, -0.15) is 4.98 Å². The van der Waals surface area contributed by atoms with Crippen molar-refractivity contribution >= 4 is 35.0 Å². The smallest absolute Gasteiger partial charge is 0.237 e. The number of nitrogens with zero attached hydrogens (tertiary/aromatic N) is 5. The average molecular weight is 478 g/mol. The van der Waals surface area contributed by atoms with Gasteiger partial charge in [0.25, 0.3) is 0 Å². The lowest BCUT2D eigenvalue weighted by molar-refractivity contribution is -0.128. The van der Waals surface area contributed by atoms with E-state index in [1.807, 2.05) is 18.3 Å². The van der Waals surface area contributed by atoms with Crippen molar-refractivity contribution in [2.75, 3.05) is 54.9 Å². The van der Waals surface area contributed by atoms with Crippen molar-refractivity contribution in [3.05, 3.63) is 36.0 Å². The third-order valence-electron chi connectivity index (χ3n) is 7.28. The fourth-order valence-corrected chi connectivity index (χ4v) is 5.24. The van der Waals surface area contributed by atoms with E-state index in [2.05, 4.69) is 44.6 Å². The summed E-state index contributed by atoms with van der Waals surface area (Å²) in [5, 5.41) is 6.18. The lowest BCUT2D eigenvalue weighted by atomic mass is 10.1. The number of carbonyl (C=O) groups is 2. The fourth-order valence-electron chi connectivity index (χ4n) is 5.24. The Kier molecular flexibility index (Phi) is 7.13. The van der Waals surface area contributed by atoms with E-state index in [0.29, 0.717) is 24.7 Å². The minimum atomic E-state index is -0.214. The van der Waals surface area contributed by atoms with Crippen LogP contribution in [0.2, 0.25) is 0 Å². The number of benzene rings is 1. The Balaban J connectivity index is 1.38. The van der Waals surface area contributed by atoms with Crippen LogP contribution in [0.4, 0.5) is 23.1 Å². The second kappa shape index (κ2) is 10.6. The van der Waals surface area contributed by atoms with E-state index in [-0.39, 0.29) is 24.3 Å². The minimum absolute atomic E-state index is 0.0825. The molecule has 35 heavy (non-hydrogen) atoms. The monoisotopic (exact) mass is 477 g/mol. The molecule has 2 aliphatic heterocycles. The lowest BCUT2D eigenvalue weighted by Crippen LogP contribution is -2.44. The zero-order valence-electron chi connectivity index (χ0n) is 20.5. The van der Waals surface area contributed by atoms with Crippen LogP contribution in [0, 0.1) is 0 Å². The first kappa shape index (κ1) is 23.5. The second-order valence-electron chi connectivity index (χ2n) is 9.84. The highest BCUT2D eigenvalue weighted by molar-refractivity contribution is 6.05. The van der Waals surface area contributed by atoms with Gasteiger partial charge in [-0.05, 0) is 57.0 Å². The van der Waals surface area contributed by atoms with E-state index in [1.54, 1.807) is 4.90 Å². The van der Waals surface area contributed by atoms with Gasteiger partial charge in [0.05, 0.1) is 0 Å². The Bertz CT molecular complexity index is 1040. The average Bonchev–Trinajstić information content (AvgIpc) is 3.38. The Morgan fingerprint density at radius 1 is 1.00 bits per heavy atom. The summed E-state index contributed by atoms with van der Waals surface area (Å²) < 4.78 is 0. The number of carbonyl (C=O) groups excluding carboxylic acids is 2. The molecule has 9 nitrogen and oxygen atoms in total. The number of likely N-dealkylation sites (N-methyl/N-ethyl adjacent to an activating group) is 1. The molecule has 2 amide bonds. The maximum Gasteiger partial charge on any atom is 0.237 e. The van der Waals surface area contributed by atoms with E-state index < -0.39 is 0 Å². The molecule has 1 aromatic heterocycles. The summed E-state index contributed by atoms with van der Waals surface area (Å²) in [6.07, 6.45) is 7.25. The van der Waals surface area contributed by atoms with Crippen LogP contribution in [0.5, 0.6) is 0 Å². The summed E-state index contributed by atoms with van der Waals surface area (Å²) in [7, 11) is 2.16. The molecule has 1 saturated heterocycles. The molecule has 0 radical (unpaired) electrons. The van der Waals surface area contributed by atoms with Gasteiger partial charge in [0.1, 0.15) is 12.2 Å². The van der Waals surface area contributed by atoms with Gasteiger partial charge in [-0.1, -0.05) is 12.8 Å². The lowest BCUT2D eigenvalue weighted by Gasteiger charge is -2.34. The fraction of sp³-hybridized carbons (Fsp3) is 0.538. The molecule has 0 atom stereocenters. The van der Waals surface area contributed by atoms with Crippen LogP contribution in [0.1, 0.15) is 44.1 Å². The van der Waals surface area contributed by atoms with Crippen molar-refractivity contribution in [3.63, 3.8) is 0 Å². The van der Waals surface area contributed by atoms with Crippen LogP contribution in [0.15, 0.2) is 30.5 Å². The summed E-state index contributed by atoms with van der Waals surface area (Å²) in [6.45, 7) is 4.75. The van der Waals surface area contributed by atoms with E-state index in [9.17, 15) is 9.59 Å². The molecule has 3 aliphatic rings. The Morgan fingerprint density at radius 2 is 1.74 bits per heavy atom. The number of aromatic nitrogens is 2. The highest BCUT2D eigenvalue weighted by Gasteiger charge is 2.32. The number of nitrogens with one attached hydrogen (secondary N) is 2. The molecule has 9 heteroatoms. The van der Waals surface area contributed by atoms with Crippen LogP contribution < -0.4 is 20.4 Å². The van der Waals surface area contributed by atoms with Gasteiger partial charge >= 0.3 is 0 Å². The summed E-state index contributed by atoms with van der Waals surface area (Å²) >= 11 is 0. The third kappa shape index (κ3) is 5.56. The van der Waals surface area contributed by atoms with Gasteiger partial charge in [-0.15, -0.1) is 0 Å². The Morgan fingerprint density at radius 3 is 2.49 bits per heavy atom. The van der Waals surface area contributed by atoms with Crippen LogP contribution >= 0.6 is 0 Å². The molecule has 2 aromatic rings. The number of aryl methyl sites for hydroxylation is 1. The van der Waals surface area contributed by atoms with Crippen LogP contribution in [0.25, 0.3) is 0 Å². The van der Waals surface area contributed by atoms with Crippen molar-refractivity contribution in [1.82, 2.24) is 20.2 Å². The molecule has 2 N–H and O–H groups in total. The molecule has 186 valence electrons. The van der Waals surface area contributed by atoms with E-state index in [1.165, 1.54) is 5.69 Å². The zero-order chi connectivity index (χ0) is 24.2. The highest BCUT2D eigenvalue weighted by atomic mass is 16.2.